The molecule has 17 heavy (non-hydrogen) atoms. The molecule has 0 saturated heterocycles. The van der Waals surface area contributed by atoms with Gasteiger partial charge in [0.1, 0.15) is 0 Å². The monoisotopic (exact) mass is 233 g/mol. The lowest BCUT2D eigenvalue weighted by Gasteiger charge is -2.17. The maximum atomic E-state index is 12.1. The molecule has 0 radical (unpaired) electrons. The van der Waals surface area contributed by atoms with E-state index in [1.165, 1.54) is 12.0 Å². The van der Waals surface area contributed by atoms with Gasteiger partial charge in [0.2, 0.25) is 0 Å². The van der Waals surface area contributed by atoms with Gasteiger partial charge in [-0.2, -0.15) is 0 Å². The average Bonchev–Trinajstić information content (AvgIpc) is 2.28. The van der Waals surface area contributed by atoms with Crippen molar-refractivity contribution in [3.05, 3.63) is 35.4 Å². The predicted molar refractivity (Wildman–Crippen MR) is 72.2 cm³/mol. The molecule has 2 heteroatoms. The van der Waals surface area contributed by atoms with Crippen molar-refractivity contribution >= 4 is 5.91 Å². The van der Waals surface area contributed by atoms with Gasteiger partial charge >= 0.3 is 0 Å². The Balaban J connectivity index is 2.49. The largest absolute Gasteiger partial charge is 0.342 e. The summed E-state index contributed by atoms with van der Waals surface area (Å²) < 4.78 is 0. The van der Waals surface area contributed by atoms with Crippen LogP contribution in [0.15, 0.2) is 24.3 Å². The minimum absolute atomic E-state index is 0.119. The summed E-state index contributed by atoms with van der Waals surface area (Å²) in [5, 5.41) is 0. The number of benzene rings is 1. The van der Waals surface area contributed by atoms with Gasteiger partial charge in [-0.15, -0.1) is 0 Å². The number of nitrogens with zero attached hydrogens (tertiary/aromatic N) is 1. The third-order valence-corrected chi connectivity index (χ3v) is 2.92. The highest BCUT2D eigenvalue weighted by molar-refractivity contribution is 5.94. The Morgan fingerprint density at radius 3 is 2.35 bits per heavy atom. The molecule has 2 nitrogen and oxygen atoms in total. The molecule has 1 aromatic carbocycles. The highest BCUT2D eigenvalue weighted by Gasteiger charge is 2.10. The van der Waals surface area contributed by atoms with Crippen LogP contribution in [0, 0.1) is 12.8 Å². The number of hydrogen-bond acceptors (Lipinski definition) is 1. The lowest BCUT2D eigenvalue weighted by molar-refractivity contribution is 0.0791. The van der Waals surface area contributed by atoms with E-state index >= 15 is 0 Å². The van der Waals surface area contributed by atoms with Gasteiger partial charge in [-0.25, -0.2) is 0 Å². The van der Waals surface area contributed by atoms with E-state index in [2.05, 4.69) is 13.8 Å². The molecule has 94 valence electrons. The molecule has 1 rings (SSSR count). The van der Waals surface area contributed by atoms with Crippen LogP contribution in [0.3, 0.4) is 0 Å². The average molecular weight is 233 g/mol. The molecule has 0 bridgehead atoms. The Bertz CT molecular complexity index is 354. The van der Waals surface area contributed by atoms with Crippen molar-refractivity contribution in [2.24, 2.45) is 5.92 Å². The second-order valence-corrected chi connectivity index (χ2v) is 5.13. The number of carbonyl (C=O) groups is 1. The summed E-state index contributed by atoms with van der Waals surface area (Å²) in [6.07, 6.45) is 2.25. The van der Waals surface area contributed by atoms with Crippen molar-refractivity contribution in [3.8, 4) is 0 Å². The quantitative estimate of drug-likeness (QED) is 0.762. The fourth-order valence-electron chi connectivity index (χ4n) is 1.75. The second-order valence-electron chi connectivity index (χ2n) is 5.13. The molecule has 1 aromatic rings. The van der Waals surface area contributed by atoms with Crippen molar-refractivity contribution in [3.63, 3.8) is 0 Å². The van der Waals surface area contributed by atoms with Crippen LogP contribution in [-0.2, 0) is 0 Å². The number of carbonyl (C=O) groups excluding carboxylic acids is 1. The van der Waals surface area contributed by atoms with Gasteiger partial charge < -0.3 is 4.90 Å². The van der Waals surface area contributed by atoms with Crippen molar-refractivity contribution in [2.75, 3.05) is 13.6 Å². The van der Waals surface area contributed by atoms with E-state index in [-0.39, 0.29) is 5.91 Å². The molecule has 0 saturated carbocycles. The zero-order valence-corrected chi connectivity index (χ0v) is 11.4. The summed E-state index contributed by atoms with van der Waals surface area (Å²) in [5.41, 5.74) is 1.96. The maximum absolute atomic E-state index is 12.1. The van der Waals surface area contributed by atoms with Crippen LogP contribution in [0.1, 0.15) is 42.6 Å². The molecular weight excluding hydrogens is 210 g/mol. The highest BCUT2D eigenvalue weighted by atomic mass is 16.2. The van der Waals surface area contributed by atoms with Crippen LogP contribution >= 0.6 is 0 Å². The van der Waals surface area contributed by atoms with Gasteiger partial charge in [0.05, 0.1) is 0 Å². The Labute approximate surface area is 105 Å². The molecule has 0 heterocycles. The van der Waals surface area contributed by atoms with Crippen molar-refractivity contribution in [1.29, 1.82) is 0 Å². The fraction of sp³-hybridized carbons (Fsp3) is 0.533. The summed E-state index contributed by atoms with van der Waals surface area (Å²) in [4.78, 5) is 13.9. The third kappa shape index (κ3) is 4.59. The van der Waals surface area contributed by atoms with E-state index < -0.39 is 0 Å². The minimum atomic E-state index is 0.119. The van der Waals surface area contributed by atoms with E-state index in [4.69, 9.17) is 0 Å². The normalized spacial score (nSPS) is 10.6. The highest BCUT2D eigenvalue weighted by Crippen LogP contribution is 2.08. The topological polar surface area (TPSA) is 20.3 Å². The third-order valence-electron chi connectivity index (χ3n) is 2.92. The Hall–Kier alpha value is -1.31. The molecule has 0 aromatic heterocycles. The van der Waals surface area contributed by atoms with Crippen LogP contribution in [0.4, 0.5) is 0 Å². The van der Waals surface area contributed by atoms with Crippen LogP contribution in [0.25, 0.3) is 0 Å². The van der Waals surface area contributed by atoms with E-state index in [0.29, 0.717) is 5.92 Å². The maximum Gasteiger partial charge on any atom is 0.253 e. The summed E-state index contributed by atoms with van der Waals surface area (Å²) >= 11 is 0. The SMILES string of the molecule is Cc1ccc(C(=O)N(C)CCCC(C)C)cc1. The Morgan fingerprint density at radius 1 is 1.24 bits per heavy atom. The molecule has 0 N–H and O–H groups in total. The number of amides is 1. The first-order valence-electron chi connectivity index (χ1n) is 6.33. The van der Waals surface area contributed by atoms with Gasteiger partial charge in [-0.05, 0) is 37.8 Å². The van der Waals surface area contributed by atoms with E-state index in [9.17, 15) is 4.79 Å². The zero-order chi connectivity index (χ0) is 12.8. The van der Waals surface area contributed by atoms with Crippen molar-refractivity contribution in [1.82, 2.24) is 4.90 Å². The van der Waals surface area contributed by atoms with E-state index in [0.717, 1.165) is 18.5 Å². The van der Waals surface area contributed by atoms with Crippen LogP contribution in [0.5, 0.6) is 0 Å². The molecule has 0 atom stereocenters. The minimum Gasteiger partial charge on any atom is -0.342 e. The number of hydrogen-bond donors (Lipinski definition) is 0. The lowest BCUT2D eigenvalue weighted by Crippen LogP contribution is -2.27. The van der Waals surface area contributed by atoms with Crippen molar-refractivity contribution < 1.29 is 4.79 Å². The van der Waals surface area contributed by atoms with Crippen molar-refractivity contribution in [2.45, 2.75) is 33.6 Å². The van der Waals surface area contributed by atoms with Gasteiger partial charge in [-0.3, -0.25) is 4.79 Å². The summed E-state index contributed by atoms with van der Waals surface area (Å²) in [7, 11) is 1.88. The molecule has 0 aliphatic rings. The molecule has 1 amide bonds. The predicted octanol–water partition coefficient (Wildman–Crippen LogP) is 3.50. The molecule has 0 unspecified atom stereocenters. The van der Waals surface area contributed by atoms with Gasteiger partial charge in [-0.1, -0.05) is 31.5 Å². The second kappa shape index (κ2) is 6.43. The molecule has 0 fully saturated rings. The molecule has 0 aliphatic carbocycles. The van der Waals surface area contributed by atoms with Crippen LogP contribution in [0.2, 0.25) is 0 Å². The summed E-state index contributed by atoms with van der Waals surface area (Å²) in [5.74, 6) is 0.826. The zero-order valence-electron chi connectivity index (χ0n) is 11.4. The molecule has 0 spiro atoms. The first kappa shape index (κ1) is 13.8. The smallest absolute Gasteiger partial charge is 0.253 e. The standard InChI is InChI=1S/C15H23NO/c1-12(2)6-5-11-16(4)15(17)14-9-7-13(3)8-10-14/h7-10,12H,5-6,11H2,1-4H3. The fourth-order valence-corrected chi connectivity index (χ4v) is 1.75. The number of aryl methyl sites for hydroxylation is 1. The lowest BCUT2D eigenvalue weighted by atomic mass is 10.1. The van der Waals surface area contributed by atoms with Gasteiger partial charge in [0.15, 0.2) is 0 Å². The van der Waals surface area contributed by atoms with Crippen LogP contribution in [-0.4, -0.2) is 24.4 Å². The van der Waals surface area contributed by atoms with Crippen LogP contribution < -0.4 is 0 Å². The van der Waals surface area contributed by atoms with Gasteiger partial charge in [0, 0.05) is 19.2 Å². The first-order chi connectivity index (χ1) is 8.00. The van der Waals surface area contributed by atoms with E-state index in [1.54, 1.807) is 0 Å². The Morgan fingerprint density at radius 2 is 1.82 bits per heavy atom. The van der Waals surface area contributed by atoms with Gasteiger partial charge in [0.25, 0.3) is 5.91 Å². The van der Waals surface area contributed by atoms with E-state index in [1.807, 2.05) is 43.1 Å². The summed E-state index contributed by atoms with van der Waals surface area (Å²) in [6.45, 7) is 7.29. The summed E-state index contributed by atoms with van der Waals surface area (Å²) in [6, 6.07) is 7.76. The molecule has 0 aliphatic heterocycles. The first-order valence-corrected chi connectivity index (χ1v) is 6.33. The Kier molecular flexibility index (Phi) is 5.20. The molecular formula is C15H23NO. The number of rotatable bonds is 5.